The van der Waals surface area contributed by atoms with Crippen LogP contribution >= 0.6 is 0 Å². The lowest BCUT2D eigenvalue weighted by Crippen LogP contribution is -2.25. The van der Waals surface area contributed by atoms with Gasteiger partial charge in [0.15, 0.2) is 5.75 Å². The van der Waals surface area contributed by atoms with Gasteiger partial charge in [0.1, 0.15) is 12.2 Å². The highest BCUT2D eigenvalue weighted by Gasteiger charge is 2.17. The summed E-state index contributed by atoms with van der Waals surface area (Å²) in [6.07, 6.45) is 1.45. The van der Waals surface area contributed by atoms with Crippen LogP contribution in [0.25, 0.3) is 0 Å². The minimum Gasteiger partial charge on any atom is -0.482 e. The molecule has 6 heteroatoms. The fourth-order valence-electron chi connectivity index (χ4n) is 2.69. The molecule has 6 nitrogen and oxygen atoms in total. The Balaban J connectivity index is 0.00000155. The number of carboxylic acids is 1. The van der Waals surface area contributed by atoms with E-state index in [-0.39, 0.29) is 17.9 Å². The lowest BCUT2D eigenvalue weighted by Gasteiger charge is -2.12. The van der Waals surface area contributed by atoms with Crippen LogP contribution in [-0.4, -0.2) is 22.2 Å². The number of carboxylic acid groups (broad SMARTS) is 1. The highest BCUT2D eigenvalue weighted by Crippen LogP contribution is 2.15. The number of aromatic nitrogens is 1. The summed E-state index contributed by atoms with van der Waals surface area (Å²) in [7, 11) is 0. The van der Waals surface area contributed by atoms with E-state index in [1.807, 2.05) is 74.5 Å². The first-order chi connectivity index (χ1) is 14.6. The number of nitrogens with zero attached hydrogens (tertiary/aromatic N) is 1. The fraction of sp³-hybridized carbons (Fsp3) is 0.250. The predicted octanol–water partition coefficient (Wildman–Crippen LogP) is 4.37. The molecule has 0 spiro atoms. The molecule has 0 radical (unpaired) electrons. The highest BCUT2D eigenvalue weighted by atomic mass is 16.5. The number of pyridine rings is 1. The van der Waals surface area contributed by atoms with E-state index >= 15 is 0 Å². The molecule has 2 aromatic carbocycles. The molecule has 0 unspecified atom stereocenters. The van der Waals surface area contributed by atoms with Crippen molar-refractivity contribution in [1.29, 1.82) is 0 Å². The molecule has 1 N–H and O–H groups in total. The van der Waals surface area contributed by atoms with Crippen LogP contribution in [0.1, 0.15) is 35.3 Å². The van der Waals surface area contributed by atoms with E-state index in [4.69, 9.17) is 9.47 Å². The third-order valence-electron chi connectivity index (χ3n) is 4.17. The molecule has 0 fully saturated rings. The van der Waals surface area contributed by atoms with Gasteiger partial charge in [0.25, 0.3) is 5.56 Å². The Morgan fingerprint density at radius 2 is 1.47 bits per heavy atom. The Kier molecular flexibility index (Phi) is 9.34. The maximum atomic E-state index is 12.7. The molecule has 3 rings (SSSR count). The maximum absolute atomic E-state index is 12.7. The molecular formula is C24H27NO5. The highest BCUT2D eigenvalue weighted by molar-refractivity contribution is 5.90. The maximum Gasteiger partial charge on any atom is 0.339 e. The minimum atomic E-state index is -1.20. The van der Waals surface area contributed by atoms with Crippen molar-refractivity contribution >= 4 is 5.97 Å². The molecule has 0 atom stereocenters. The smallest absolute Gasteiger partial charge is 0.339 e. The minimum absolute atomic E-state index is 0.116. The number of hydrogen-bond acceptors (Lipinski definition) is 4. The van der Waals surface area contributed by atoms with Gasteiger partial charge in [0, 0.05) is 12.7 Å². The van der Waals surface area contributed by atoms with Crippen LogP contribution in [0.2, 0.25) is 0 Å². The standard InChI is InChI=1S/C22H21NO5.C2H6/c24-21-20(28-16-18-9-5-2-6-10-18)19(22(25)26)11-12-23(21)13-14-27-15-17-7-3-1-4-8-17;1-2/h1-12H,13-16H2,(H,25,26);1-2H3. The molecule has 1 aromatic heterocycles. The number of rotatable bonds is 9. The Morgan fingerprint density at radius 1 is 0.900 bits per heavy atom. The number of ether oxygens (including phenoxy) is 2. The van der Waals surface area contributed by atoms with Gasteiger partial charge >= 0.3 is 5.97 Å². The van der Waals surface area contributed by atoms with E-state index in [1.54, 1.807) is 0 Å². The van der Waals surface area contributed by atoms with Crippen molar-refractivity contribution in [3.05, 3.63) is 100.0 Å². The largest absolute Gasteiger partial charge is 0.482 e. The average molecular weight is 409 g/mol. The topological polar surface area (TPSA) is 77.8 Å². The third kappa shape index (κ3) is 6.60. The summed E-state index contributed by atoms with van der Waals surface area (Å²) in [5.41, 5.74) is 1.25. The Bertz CT molecular complexity index is 968. The van der Waals surface area contributed by atoms with Crippen LogP contribution in [0.3, 0.4) is 0 Å². The molecule has 0 aliphatic heterocycles. The fourth-order valence-corrected chi connectivity index (χ4v) is 2.69. The summed E-state index contributed by atoms with van der Waals surface area (Å²) in [6, 6.07) is 20.4. The van der Waals surface area contributed by atoms with Gasteiger partial charge < -0.3 is 19.1 Å². The zero-order valence-corrected chi connectivity index (χ0v) is 17.3. The molecule has 30 heavy (non-hydrogen) atoms. The first-order valence-corrected chi connectivity index (χ1v) is 9.90. The summed E-state index contributed by atoms with van der Waals surface area (Å²) in [5.74, 6) is -1.37. The van der Waals surface area contributed by atoms with Gasteiger partial charge in [0.05, 0.1) is 13.2 Å². The monoisotopic (exact) mass is 409 g/mol. The Labute approximate surface area is 176 Å². The number of carbonyl (C=O) groups is 1. The molecule has 0 saturated carbocycles. The quantitative estimate of drug-likeness (QED) is 0.531. The second-order valence-electron chi connectivity index (χ2n) is 6.17. The van der Waals surface area contributed by atoms with Crippen LogP contribution in [0.4, 0.5) is 0 Å². The van der Waals surface area contributed by atoms with Crippen molar-refractivity contribution in [3.63, 3.8) is 0 Å². The summed E-state index contributed by atoms with van der Waals surface area (Å²) >= 11 is 0. The molecule has 0 amide bonds. The first kappa shape index (κ1) is 22.9. The van der Waals surface area contributed by atoms with Crippen molar-refractivity contribution in [3.8, 4) is 5.75 Å². The van der Waals surface area contributed by atoms with Crippen LogP contribution in [0.15, 0.2) is 77.7 Å². The van der Waals surface area contributed by atoms with Crippen LogP contribution < -0.4 is 10.3 Å². The average Bonchev–Trinajstić information content (AvgIpc) is 2.79. The van der Waals surface area contributed by atoms with Gasteiger partial charge in [-0.3, -0.25) is 4.79 Å². The first-order valence-electron chi connectivity index (χ1n) is 9.90. The lowest BCUT2D eigenvalue weighted by molar-refractivity contribution is 0.0690. The molecule has 0 bridgehead atoms. The summed E-state index contributed by atoms with van der Waals surface area (Å²) < 4.78 is 12.6. The van der Waals surface area contributed by atoms with Gasteiger partial charge in [-0.2, -0.15) is 0 Å². The molecule has 0 aliphatic rings. The van der Waals surface area contributed by atoms with Crippen molar-refractivity contribution in [2.75, 3.05) is 6.61 Å². The van der Waals surface area contributed by atoms with E-state index in [0.29, 0.717) is 19.8 Å². The van der Waals surface area contributed by atoms with Gasteiger partial charge in [-0.1, -0.05) is 74.5 Å². The zero-order chi connectivity index (χ0) is 21.8. The SMILES string of the molecule is CC.O=C(O)c1ccn(CCOCc2ccccc2)c(=O)c1OCc1ccccc1. The second-order valence-corrected chi connectivity index (χ2v) is 6.17. The Hall–Kier alpha value is -3.38. The van der Waals surface area contributed by atoms with Gasteiger partial charge in [-0.05, 0) is 17.2 Å². The van der Waals surface area contributed by atoms with E-state index in [2.05, 4.69) is 0 Å². The third-order valence-corrected chi connectivity index (χ3v) is 4.17. The molecule has 1 heterocycles. The molecular weight excluding hydrogens is 382 g/mol. The number of benzene rings is 2. The molecule has 158 valence electrons. The zero-order valence-electron chi connectivity index (χ0n) is 17.3. The van der Waals surface area contributed by atoms with Crippen LogP contribution in [-0.2, 0) is 24.5 Å². The van der Waals surface area contributed by atoms with Gasteiger partial charge in [0.2, 0.25) is 0 Å². The second kappa shape index (κ2) is 12.2. The van der Waals surface area contributed by atoms with Crippen molar-refractivity contribution in [1.82, 2.24) is 4.57 Å². The van der Waals surface area contributed by atoms with E-state index in [9.17, 15) is 14.7 Å². The van der Waals surface area contributed by atoms with E-state index in [0.717, 1.165) is 11.1 Å². The summed E-state index contributed by atoms with van der Waals surface area (Å²) in [5, 5.41) is 9.37. The number of hydrogen-bond donors (Lipinski definition) is 1. The number of aromatic carboxylic acids is 1. The molecule has 3 aromatic rings. The van der Waals surface area contributed by atoms with Crippen molar-refractivity contribution in [2.45, 2.75) is 33.6 Å². The molecule has 0 aliphatic carbocycles. The van der Waals surface area contributed by atoms with Gasteiger partial charge in [-0.25, -0.2) is 4.79 Å². The lowest BCUT2D eigenvalue weighted by atomic mass is 10.2. The van der Waals surface area contributed by atoms with Crippen molar-refractivity contribution < 1.29 is 19.4 Å². The van der Waals surface area contributed by atoms with E-state index < -0.39 is 11.5 Å². The Morgan fingerprint density at radius 3 is 2.03 bits per heavy atom. The summed E-state index contributed by atoms with van der Waals surface area (Å²) in [4.78, 5) is 24.2. The van der Waals surface area contributed by atoms with Crippen LogP contribution in [0.5, 0.6) is 5.75 Å². The van der Waals surface area contributed by atoms with Gasteiger partial charge in [-0.15, -0.1) is 0 Å². The normalized spacial score (nSPS) is 10.1. The van der Waals surface area contributed by atoms with E-state index in [1.165, 1.54) is 16.8 Å². The summed E-state index contributed by atoms with van der Waals surface area (Å²) in [6.45, 7) is 5.18. The molecule has 0 saturated heterocycles. The van der Waals surface area contributed by atoms with Crippen LogP contribution in [0, 0.1) is 0 Å². The van der Waals surface area contributed by atoms with Crippen molar-refractivity contribution in [2.24, 2.45) is 0 Å². The predicted molar refractivity (Wildman–Crippen MR) is 116 cm³/mol.